The fourth-order valence-corrected chi connectivity index (χ4v) is 5.13. The lowest BCUT2D eigenvalue weighted by Crippen LogP contribution is -2.44. The fraction of sp³-hybridized carbons (Fsp3) is 0.370. The summed E-state index contributed by atoms with van der Waals surface area (Å²) >= 11 is 0. The molecule has 7 nitrogen and oxygen atoms in total. The van der Waals surface area contributed by atoms with E-state index in [0.29, 0.717) is 18.5 Å². The Kier molecular flexibility index (Phi) is 6.93. The number of hydrogen-bond acceptors (Lipinski definition) is 6. The van der Waals surface area contributed by atoms with Gasteiger partial charge in [0, 0.05) is 12.2 Å². The molecule has 1 aliphatic heterocycles. The summed E-state index contributed by atoms with van der Waals surface area (Å²) in [5.74, 6) is -4.35. The van der Waals surface area contributed by atoms with Gasteiger partial charge in [-0.05, 0) is 66.1 Å². The summed E-state index contributed by atoms with van der Waals surface area (Å²) in [6.45, 7) is 1.23. The van der Waals surface area contributed by atoms with Crippen molar-refractivity contribution in [3.05, 3.63) is 77.0 Å². The highest BCUT2D eigenvalue weighted by Gasteiger charge is 2.42. The van der Waals surface area contributed by atoms with Crippen molar-refractivity contribution in [3.63, 3.8) is 0 Å². The predicted molar refractivity (Wildman–Crippen MR) is 130 cm³/mol. The highest BCUT2D eigenvalue weighted by molar-refractivity contribution is 6.03. The van der Waals surface area contributed by atoms with Crippen LogP contribution in [-0.2, 0) is 10.4 Å². The van der Waals surface area contributed by atoms with Crippen molar-refractivity contribution in [3.8, 4) is 11.3 Å². The molecule has 3 aromatic rings. The van der Waals surface area contributed by atoms with Gasteiger partial charge in [0.1, 0.15) is 28.8 Å². The molecule has 1 aromatic carbocycles. The topological polar surface area (TPSA) is 110 Å². The molecule has 1 aliphatic carbocycles. The van der Waals surface area contributed by atoms with Gasteiger partial charge in [0.25, 0.3) is 5.91 Å². The van der Waals surface area contributed by atoms with Crippen LogP contribution in [0.2, 0.25) is 0 Å². The summed E-state index contributed by atoms with van der Waals surface area (Å²) in [5, 5.41) is 12.9. The van der Waals surface area contributed by atoms with Gasteiger partial charge in [-0.15, -0.1) is 0 Å². The van der Waals surface area contributed by atoms with Crippen LogP contribution < -0.4 is 11.1 Å². The van der Waals surface area contributed by atoms with Gasteiger partial charge in [-0.3, -0.25) is 9.78 Å². The molecule has 1 amide bonds. The lowest BCUT2D eigenvalue weighted by atomic mass is 9.74. The van der Waals surface area contributed by atoms with Crippen LogP contribution in [0.25, 0.3) is 11.3 Å². The first-order valence-corrected chi connectivity index (χ1v) is 12.2. The second-order valence-electron chi connectivity index (χ2n) is 10.0. The summed E-state index contributed by atoms with van der Waals surface area (Å²) in [6.07, 6.45) is 3.54. The zero-order chi connectivity index (χ0) is 27.2. The van der Waals surface area contributed by atoms with E-state index in [-0.39, 0.29) is 36.3 Å². The minimum Gasteiger partial charge on any atom is -0.391 e. The number of aromatic nitrogens is 2. The number of carbonyl (C=O) groups excluding carboxylic acids is 1. The van der Waals surface area contributed by atoms with Crippen molar-refractivity contribution in [2.45, 2.75) is 43.5 Å². The number of nitrogens with two attached hydrogens (primary N) is 1. The van der Waals surface area contributed by atoms with Gasteiger partial charge in [0.05, 0.1) is 36.8 Å². The monoisotopic (exact) mass is 530 g/mol. The van der Waals surface area contributed by atoms with E-state index in [0.717, 1.165) is 29.8 Å². The molecule has 2 aromatic heterocycles. The van der Waals surface area contributed by atoms with E-state index in [1.165, 1.54) is 6.20 Å². The first kappa shape index (κ1) is 26.2. The number of benzene rings is 1. The molecule has 11 heteroatoms. The molecule has 4 N–H and O–H groups in total. The number of rotatable bonds is 5. The number of halogens is 4. The van der Waals surface area contributed by atoms with Gasteiger partial charge >= 0.3 is 0 Å². The third-order valence-corrected chi connectivity index (χ3v) is 7.31. The van der Waals surface area contributed by atoms with Crippen LogP contribution >= 0.6 is 0 Å². The SMILES string of the molecule is C[C@H]1C[C@@H](c2ccncc2NC(=O)c2ccc(F)c(-c3c(F)cc(C4(F)COC4)cc3F)n2)C[C@@H](N)[C@H]1O. The molecular weight excluding hydrogens is 504 g/mol. The van der Waals surface area contributed by atoms with Crippen molar-refractivity contribution >= 4 is 11.6 Å². The molecule has 5 rings (SSSR count). The second kappa shape index (κ2) is 10.0. The van der Waals surface area contributed by atoms with Gasteiger partial charge in [0.15, 0.2) is 5.67 Å². The molecule has 4 atom stereocenters. The number of anilines is 1. The number of amides is 1. The van der Waals surface area contributed by atoms with Gasteiger partial charge in [-0.25, -0.2) is 22.5 Å². The van der Waals surface area contributed by atoms with E-state index in [2.05, 4.69) is 15.3 Å². The molecule has 1 saturated carbocycles. The smallest absolute Gasteiger partial charge is 0.274 e. The average molecular weight is 531 g/mol. The minimum atomic E-state index is -2.02. The number of aliphatic hydroxyl groups excluding tert-OH is 1. The summed E-state index contributed by atoms with van der Waals surface area (Å²) < 4.78 is 63.9. The standard InChI is InChI=1S/C27H26F4N4O3/c1-13-6-14(7-20(32)25(13)36)16-4-5-33-10-22(16)35-26(37)21-3-2-17(28)24(34-21)23-18(29)8-15(9-19(23)30)27(31)11-38-12-27/h2-5,8-10,13-14,20,25,36H,6-7,11-12,32H2,1H3,(H,35,37)/t13-,14+,20+,25-/m0/s1. The van der Waals surface area contributed by atoms with Crippen LogP contribution in [-0.4, -0.2) is 46.3 Å². The maximum atomic E-state index is 14.9. The molecule has 200 valence electrons. The second-order valence-corrected chi connectivity index (χ2v) is 10.0. The minimum absolute atomic E-state index is 0.0536. The Bertz CT molecular complexity index is 1350. The summed E-state index contributed by atoms with van der Waals surface area (Å²) in [7, 11) is 0. The molecule has 0 bridgehead atoms. The maximum absolute atomic E-state index is 14.9. The Hall–Kier alpha value is -3.41. The highest BCUT2D eigenvalue weighted by Crippen LogP contribution is 2.39. The first-order chi connectivity index (χ1) is 18.1. The summed E-state index contributed by atoms with van der Waals surface area (Å²) in [5.41, 5.74) is 3.15. The normalized spacial score (nSPS) is 24.5. The Labute approximate surface area is 216 Å². The molecule has 0 radical (unpaired) electrons. The molecular formula is C27H26F4N4O3. The molecule has 1 saturated heterocycles. The van der Waals surface area contributed by atoms with Gasteiger partial charge < -0.3 is 20.9 Å². The van der Waals surface area contributed by atoms with Crippen molar-refractivity contribution in [2.75, 3.05) is 18.5 Å². The first-order valence-electron chi connectivity index (χ1n) is 12.2. The van der Waals surface area contributed by atoms with Gasteiger partial charge in [-0.2, -0.15) is 0 Å². The van der Waals surface area contributed by atoms with Crippen LogP contribution in [0.4, 0.5) is 23.2 Å². The maximum Gasteiger partial charge on any atom is 0.274 e. The van der Waals surface area contributed by atoms with Crippen molar-refractivity contribution in [2.24, 2.45) is 11.7 Å². The summed E-state index contributed by atoms with van der Waals surface area (Å²) in [4.78, 5) is 21.1. The molecule has 0 unspecified atom stereocenters. The van der Waals surface area contributed by atoms with E-state index < -0.39 is 52.4 Å². The zero-order valence-electron chi connectivity index (χ0n) is 20.4. The van der Waals surface area contributed by atoms with E-state index in [1.54, 1.807) is 12.3 Å². The Balaban J connectivity index is 1.43. The molecule has 0 spiro atoms. The number of alkyl halides is 1. The quantitative estimate of drug-likeness (QED) is 0.427. The van der Waals surface area contributed by atoms with Crippen LogP contribution in [0, 0.1) is 23.4 Å². The number of hydrogen-bond donors (Lipinski definition) is 3. The van der Waals surface area contributed by atoms with Crippen LogP contribution in [0.5, 0.6) is 0 Å². The lowest BCUT2D eigenvalue weighted by molar-refractivity contribution is -0.135. The number of pyridine rings is 2. The average Bonchev–Trinajstić information content (AvgIpc) is 2.86. The van der Waals surface area contributed by atoms with Crippen LogP contribution in [0.3, 0.4) is 0 Å². The van der Waals surface area contributed by atoms with Crippen LogP contribution in [0.15, 0.2) is 42.7 Å². The van der Waals surface area contributed by atoms with E-state index in [4.69, 9.17) is 10.5 Å². The van der Waals surface area contributed by atoms with E-state index in [1.807, 2.05) is 6.92 Å². The van der Waals surface area contributed by atoms with Crippen molar-refractivity contribution in [1.29, 1.82) is 0 Å². The summed E-state index contributed by atoms with van der Waals surface area (Å²) in [6, 6.07) is 4.85. The number of nitrogens with one attached hydrogen (secondary N) is 1. The highest BCUT2D eigenvalue weighted by atomic mass is 19.2. The Morgan fingerprint density at radius 1 is 1.13 bits per heavy atom. The van der Waals surface area contributed by atoms with Gasteiger partial charge in [0.2, 0.25) is 0 Å². The molecule has 3 heterocycles. The van der Waals surface area contributed by atoms with E-state index in [9.17, 15) is 27.5 Å². The third kappa shape index (κ3) is 4.77. The number of nitrogens with zero attached hydrogens (tertiary/aromatic N) is 2. The van der Waals surface area contributed by atoms with Crippen molar-refractivity contribution in [1.82, 2.24) is 9.97 Å². The largest absolute Gasteiger partial charge is 0.391 e. The van der Waals surface area contributed by atoms with E-state index >= 15 is 0 Å². The Morgan fingerprint density at radius 3 is 2.47 bits per heavy atom. The number of carbonyl (C=O) groups is 1. The Morgan fingerprint density at radius 2 is 1.84 bits per heavy atom. The third-order valence-electron chi connectivity index (χ3n) is 7.31. The zero-order valence-corrected chi connectivity index (χ0v) is 20.4. The van der Waals surface area contributed by atoms with Crippen molar-refractivity contribution < 1.29 is 32.2 Å². The fourth-order valence-electron chi connectivity index (χ4n) is 5.13. The molecule has 38 heavy (non-hydrogen) atoms. The lowest BCUT2D eigenvalue weighted by Gasteiger charge is -2.36. The van der Waals surface area contributed by atoms with Crippen LogP contribution in [0.1, 0.15) is 47.3 Å². The number of aliphatic hydroxyl groups is 1. The molecule has 2 aliphatic rings. The predicted octanol–water partition coefficient (Wildman–Crippen LogP) is 4.21. The molecule has 2 fully saturated rings. The number of ether oxygens (including phenoxy) is 1. The van der Waals surface area contributed by atoms with Gasteiger partial charge in [-0.1, -0.05) is 6.92 Å².